The summed E-state index contributed by atoms with van der Waals surface area (Å²) in [4.78, 5) is 48.2. The third kappa shape index (κ3) is 7.22. The number of likely N-dealkylation sites (tertiary alicyclic amines) is 1. The van der Waals surface area contributed by atoms with E-state index in [2.05, 4.69) is 25.4 Å². The molecule has 2 aromatic rings. The van der Waals surface area contributed by atoms with Crippen LogP contribution < -0.4 is 15.4 Å². The van der Waals surface area contributed by atoms with Gasteiger partial charge in [-0.1, -0.05) is 0 Å². The normalized spacial score (nSPS) is 16.6. The van der Waals surface area contributed by atoms with Gasteiger partial charge in [0.25, 0.3) is 11.8 Å². The molecule has 1 aromatic heterocycles. The first kappa shape index (κ1) is 27.5. The molecule has 1 aromatic carbocycles. The van der Waals surface area contributed by atoms with Crippen LogP contribution in [0.4, 0.5) is 13.6 Å². The van der Waals surface area contributed by atoms with Crippen LogP contribution in [0.5, 0.6) is 5.75 Å². The van der Waals surface area contributed by atoms with Crippen molar-refractivity contribution in [1.29, 1.82) is 0 Å². The Kier molecular flexibility index (Phi) is 8.42. The van der Waals surface area contributed by atoms with Gasteiger partial charge in [-0.15, -0.1) is 0 Å². The maximum Gasteiger partial charge on any atom is 0.407 e. The molecule has 0 radical (unpaired) electrons. The van der Waals surface area contributed by atoms with Crippen LogP contribution in [0.15, 0.2) is 24.5 Å². The molecule has 2 N–H and O–H groups in total. The quantitative estimate of drug-likeness (QED) is 0.312. The summed E-state index contributed by atoms with van der Waals surface area (Å²) in [5.41, 5.74) is -0.223. The Bertz CT molecular complexity index is 1210. The number of halogens is 2. The number of fused-ring (bicyclic) bond motifs is 1. The molecule has 1 fully saturated rings. The van der Waals surface area contributed by atoms with Crippen molar-refractivity contribution in [3.63, 3.8) is 0 Å². The number of benzene rings is 1. The van der Waals surface area contributed by atoms with Gasteiger partial charge in [0.2, 0.25) is 0 Å². The van der Waals surface area contributed by atoms with Crippen LogP contribution in [0, 0.1) is 6.57 Å². The minimum absolute atomic E-state index is 0.0650. The predicted octanol–water partition coefficient (Wildman–Crippen LogP) is 3.11. The smallest absolute Gasteiger partial charge is 0.407 e. The summed E-state index contributed by atoms with van der Waals surface area (Å²) in [6, 6.07) is 1.39. The zero-order valence-corrected chi connectivity index (χ0v) is 20.7. The van der Waals surface area contributed by atoms with E-state index in [9.17, 15) is 23.2 Å². The van der Waals surface area contributed by atoms with E-state index in [-0.39, 0.29) is 23.6 Å². The van der Waals surface area contributed by atoms with Gasteiger partial charge in [0, 0.05) is 18.4 Å². The topological polar surface area (TPSA) is 127 Å². The van der Waals surface area contributed by atoms with Crippen molar-refractivity contribution in [2.45, 2.75) is 57.8 Å². The lowest BCUT2D eigenvalue weighted by Gasteiger charge is -2.23. The zero-order chi connectivity index (χ0) is 27.2. The molecule has 198 valence electrons. The van der Waals surface area contributed by atoms with Crippen molar-refractivity contribution in [3.8, 4) is 5.75 Å². The highest BCUT2D eigenvalue weighted by Gasteiger charge is 2.53. The summed E-state index contributed by atoms with van der Waals surface area (Å²) in [5.74, 6) is -1.40. The van der Waals surface area contributed by atoms with Crippen LogP contribution in [0.2, 0.25) is 0 Å². The highest BCUT2D eigenvalue weighted by molar-refractivity contribution is 6.05. The van der Waals surface area contributed by atoms with Crippen LogP contribution in [0.1, 0.15) is 50.5 Å². The van der Waals surface area contributed by atoms with Crippen molar-refractivity contribution >= 4 is 28.8 Å². The number of hydrogen-bond donors (Lipinski definition) is 2. The molecule has 1 saturated heterocycles. The number of aromatic nitrogens is 2. The number of nitrogens with zero attached hydrogens (tertiary/aromatic N) is 4. The number of alkyl carbamates (subject to hydrolysis) is 1. The van der Waals surface area contributed by atoms with Gasteiger partial charge >= 0.3 is 18.3 Å². The summed E-state index contributed by atoms with van der Waals surface area (Å²) in [6.07, 6.45) is -0.861. The molecule has 3 amide bonds. The molecule has 13 heteroatoms. The molecule has 0 unspecified atom stereocenters. The Morgan fingerprint density at radius 1 is 1.24 bits per heavy atom. The largest absolute Gasteiger partial charge is 0.494 e. The molecule has 37 heavy (non-hydrogen) atoms. The van der Waals surface area contributed by atoms with Crippen molar-refractivity contribution < 1.29 is 32.6 Å². The second kappa shape index (κ2) is 11.3. The first-order valence-electron chi connectivity index (χ1n) is 11.6. The van der Waals surface area contributed by atoms with Gasteiger partial charge in [0.1, 0.15) is 23.4 Å². The Morgan fingerprint density at radius 3 is 2.70 bits per heavy atom. The van der Waals surface area contributed by atoms with Gasteiger partial charge in [-0.2, -0.15) is 8.78 Å². The summed E-state index contributed by atoms with van der Waals surface area (Å²) >= 11 is 0. The van der Waals surface area contributed by atoms with E-state index < -0.39 is 48.7 Å². The summed E-state index contributed by atoms with van der Waals surface area (Å²) in [5, 5.41) is 5.27. The third-order valence-electron chi connectivity index (χ3n) is 5.25. The lowest BCUT2D eigenvalue weighted by molar-refractivity contribution is -0.165. The molecule has 1 atom stereocenters. The number of hydrogen-bond acceptors (Lipinski definition) is 7. The van der Waals surface area contributed by atoms with Gasteiger partial charge < -0.3 is 20.1 Å². The van der Waals surface area contributed by atoms with Crippen LogP contribution in [0.3, 0.4) is 0 Å². The molecule has 0 spiro atoms. The van der Waals surface area contributed by atoms with Gasteiger partial charge in [0.05, 0.1) is 25.1 Å². The molecule has 2 heterocycles. The number of alkyl halides is 2. The number of carbonyl (C=O) groups excluding carboxylic acids is 3. The van der Waals surface area contributed by atoms with Crippen LogP contribution in [0.25, 0.3) is 15.7 Å². The van der Waals surface area contributed by atoms with Crippen LogP contribution in [-0.2, 0) is 9.53 Å². The molecule has 11 nitrogen and oxygen atoms in total. The van der Waals surface area contributed by atoms with Gasteiger partial charge in [-0.25, -0.2) is 26.2 Å². The fourth-order valence-electron chi connectivity index (χ4n) is 3.64. The van der Waals surface area contributed by atoms with E-state index in [4.69, 9.17) is 16.0 Å². The van der Waals surface area contributed by atoms with Crippen molar-refractivity contribution in [2.24, 2.45) is 0 Å². The Balaban J connectivity index is 1.59. The van der Waals surface area contributed by atoms with E-state index in [1.807, 2.05) is 0 Å². The number of carbonyl (C=O) groups is 3. The van der Waals surface area contributed by atoms with Crippen LogP contribution >= 0.6 is 0 Å². The first-order valence-corrected chi connectivity index (χ1v) is 11.6. The summed E-state index contributed by atoms with van der Waals surface area (Å²) < 4.78 is 38.9. The SMILES string of the molecule is [C-]#[N+][C@@H]1CCC(F)(F)N1C(=O)CNC(=O)c1ncnc2ccc(OCCCNC(=O)OC(C)(C)C)cc12. The van der Waals surface area contributed by atoms with Crippen molar-refractivity contribution in [3.05, 3.63) is 41.6 Å². The highest BCUT2D eigenvalue weighted by atomic mass is 19.3. The molecule has 1 aliphatic rings. The number of nitrogens with one attached hydrogen (secondary N) is 2. The molecule has 3 rings (SSSR count). The molecular weight excluding hydrogens is 490 g/mol. The fraction of sp³-hybridized carbons (Fsp3) is 0.500. The second-order valence-corrected chi connectivity index (χ2v) is 9.29. The Labute approximate surface area is 212 Å². The average Bonchev–Trinajstić information content (AvgIpc) is 3.14. The average molecular weight is 519 g/mol. The maximum absolute atomic E-state index is 14.0. The molecule has 0 aliphatic carbocycles. The number of ether oxygens (including phenoxy) is 2. The minimum atomic E-state index is -3.44. The maximum atomic E-state index is 14.0. The zero-order valence-electron chi connectivity index (χ0n) is 20.7. The third-order valence-corrected chi connectivity index (χ3v) is 5.25. The van der Waals surface area contributed by atoms with Crippen molar-refractivity contribution in [2.75, 3.05) is 19.7 Å². The first-order chi connectivity index (χ1) is 17.4. The van der Waals surface area contributed by atoms with E-state index in [0.717, 1.165) is 0 Å². The van der Waals surface area contributed by atoms with Gasteiger partial charge in [-0.05, 0) is 45.4 Å². The monoisotopic (exact) mass is 518 g/mol. The van der Waals surface area contributed by atoms with E-state index in [1.165, 1.54) is 6.33 Å². The highest BCUT2D eigenvalue weighted by Crippen LogP contribution is 2.37. The molecule has 0 saturated carbocycles. The Morgan fingerprint density at radius 2 is 2.00 bits per heavy atom. The van der Waals surface area contributed by atoms with E-state index in [1.54, 1.807) is 39.0 Å². The lowest BCUT2D eigenvalue weighted by Crippen LogP contribution is -2.48. The lowest BCUT2D eigenvalue weighted by atomic mass is 10.1. The minimum Gasteiger partial charge on any atom is -0.494 e. The second-order valence-electron chi connectivity index (χ2n) is 9.29. The van der Waals surface area contributed by atoms with Gasteiger partial charge in [-0.3, -0.25) is 14.4 Å². The molecule has 0 bridgehead atoms. The number of amides is 3. The number of rotatable bonds is 8. The van der Waals surface area contributed by atoms with E-state index >= 15 is 0 Å². The van der Waals surface area contributed by atoms with Crippen LogP contribution in [-0.4, -0.2) is 70.3 Å². The summed E-state index contributed by atoms with van der Waals surface area (Å²) in [7, 11) is 0. The van der Waals surface area contributed by atoms with Gasteiger partial charge in [0.15, 0.2) is 0 Å². The summed E-state index contributed by atoms with van der Waals surface area (Å²) in [6.45, 7) is 12.2. The van der Waals surface area contributed by atoms with E-state index in [0.29, 0.717) is 29.6 Å². The molecule has 1 aliphatic heterocycles. The molecular formula is C24H28F2N6O5. The standard InChI is InChI=1S/C24H28F2N6O5/c1-23(2,3)37-22(35)28-10-5-11-36-15-6-7-17-16(12-15)20(31-14-30-17)21(34)29-13-19(33)32-18(27-4)8-9-24(32,25)26/h6-7,12,14,18H,5,8-11,13H2,1-3H3,(H,28,35)(H,29,34)/t18-/m0/s1. The predicted molar refractivity (Wildman–Crippen MR) is 128 cm³/mol. The fourth-order valence-corrected chi connectivity index (χ4v) is 3.64. The Hall–Kier alpha value is -4.08. The van der Waals surface area contributed by atoms with Crippen molar-refractivity contribution in [1.82, 2.24) is 25.5 Å².